The summed E-state index contributed by atoms with van der Waals surface area (Å²) in [5.41, 5.74) is 7.76. The summed E-state index contributed by atoms with van der Waals surface area (Å²) in [6.07, 6.45) is 5.89. The van der Waals surface area contributed by atoms with Gasteiger partial charge >= 0.3 is 12.0 Å². The van der Waals surface area contributed by atoms with Crippen LogP contribution in [0, 0.1) is 6.92 Å². The van der Waals surface area contributed by atoms with Crippen LogP contribution in [0.1, 0.15) is 17.5 Å². The van der Waals surface area contributed by atoms with E-state index in [0.29, 0.717) is 28.8 Å². The average molecular weight is 541 g/mol. The fourth-order valence-electron chi connectivity index (χ4n) is 3.22. The van der Waals surface area contributed by atoms with E-state index >= 15 is 0 Å². The number of carbonyl (C=O) groups excluding carboxylic acids is 3. The number of hydrazine groups is 1. The highest BCUT2D eigenvalue weighted by Crippen LogP contribution is 2.25. The van der Waals surface area contributed by atoms with Crippen molar-refractivity contribution in [3.63, 3.8) is 0 Å². The van der Waals surface area contributed by atoms with Crippen LogP contribution >= 0.6 is 11.6 Å². The van der Waals surface area contributed by atoms with Gasteiger partial charge in [0.25, 0.3) is 0 Å². The lowest BCUT2D eigenvalue weighted by atomic mass is 10.2. The Morgan fingerprint density at radius 2 is 1.95 bits per heavy atom. The highest BCUT2D eigenvalue weighted by Gasteiger charge is 2.19. The number of aliphatic imine (C=N–C) groups is 1. The van der Waals surface area contributed by atoms with Crippen LogP contribution in [0.25, 0.3) is 0 Å². The number of methoxy groups -OCH3 is 1. The van der Waals surface area contributed by atoms with Gasteiger partial charge in [0, 0.05) is 30.9 Å². The summed E-state index contributed by atoms with van der Waals surface area (Å²) in [6, 6.07) is 11.6. The van der Waals surface area contributed by atoms with Gasteiger partial charge in [0.2, 0.25) is 18.3 Å². The second-order valence-electron chi connectivity index (χ2n) is 8.18. The van der Waals surface area contributed by atoms with E-state index in [1.807, 2.05) is 6.92 Å². The number of guanidine groups is 1. The summed E-state index contributed by atoms with van der Waals surface area (Å²) in [6.45, 7) is 2.10. The van der Waals surface area contributed by atoms with Crippen molar-refractivity contribution in [2.45, 2.75) is 19.9 Å². The number of hydrogen-bond acceptors (Lipinski definition) is 8. The molecule has 3 N–H and O–H groups in total. The Labute approximate surface area is 225 Å². The van der Waals surface area contributed by atoms with Crippen molar-refractivity contribution in [3.8, 4) is 5.75 Å². The Bertz CT molecular complexity index is 1250. The normalized spacial score (nSPS) is 12.4. The predicted octanol–water partition coefficient (Wildman–Crippen LogP) is 3.34. The number of hydrogen-bond donors (Lipinski definition) is 3. The van der Waals surface area contributed by atoms with E-state index in [4.69, 9.17) is 16.3 Å². The zero-order valence-corrected chi connectivity index (χ0v) is 22.0. The van der Waals surface area contributed by atoms with Crippen molar-refractivity contribution < 1.29 is 23.9 Å². The number of esters is 1. The summed E-state index contributed by atoms with van der Waals surface area (Å²) in [7, 11) is 2.80. The fraction of sp³-hybridized carbons (Fsp3) is 0.231. The summed E-state index contributed by atoms with van der Waals surface area (Å²) >= 11 is 5.98. The van der Waals surface area contributed by atoms with Gasteiger partial charge in [-0.05, 0) is 54.5 Å². The first-order valence-corrected chi connectivity index (χ1v) is 12.0. The van der Waals surface area contributed by atoms with Gasteiger partial charge in [-0.25, -0.2) is 9.79 Å². The number of amides is 3. The summed E-state index contributed by atoms with van der Waals surface area (Å²) in [4.78, 5) is 43.6. The molecule has 1 aliphatic rings. The molecule has 0 aliphatic carbocycles. The van der Waals surface area contributed by atoms with Crippen molar-refractivity contribution in [2.24, 2.45) is 4.99 Å². The topological polar surface area (TPSA) is 125 Å². The van der Waals surface area contributed by atoms with Crippen LogP contribution in [-0.2, 0) is 20.9 Å². The Morgan fingerprint density at radius 1 is 1.18 bits per heavy atom. The minimum Gasteiger partial charge on any atom is -0.469 e. The molecule has 1 aliphatic heterocycles. The monoisotopic (exact) mass is 540 g/mol. The predicted molar refractivity (Wildman–Crippen MR) is 143 cm³/mol. The van der Waals surface area contributed by atoms with E-state index < -0.39 is 12.0 Å². The van der Waals surface area contributed by atoms with Gasteiger partial charge in [-0.1, -0.05) is 23.7 Å². The van der Waals surface area contributed by atoms with E-state index in [1.165, 1.54) is 24.0 Å². The zero-order valence-electron chi connectivity index (χ0n) is 21.2. The molecule has 1 heterocycles. The molecule has 200 valence electrons. The number of aryl methyl sites for hydroxylation is 1. The summed E-state index contributed by atoms with van der Waals surface area (Å²) in [5.74, 6) is 0.676. The molecule has 0 saturated heterocycles. The first-order valence-electron chi connectivity index (χ1n) is 11.6. The number of nitrogens with zero attached hydrogens (tertiary/aromatic N) is 3. The molecule has 3 rings (SSSR count). The number of rotatable bonds is 9. The number of nitrogens with one attached hydrogen (secondary N) is 3. The number of benzene rings is 2. The van der Waals surface area contributed by atoms with Crippen LogP contribution in [-0.4, -0.2) is 54.9 Å². The first kappa shape index (κ1) is 28.1. The minimum absolute atomic E-state index is 0.00364. The molecule has 0 radical (unpaired) electrons. The second kappa shape index (κ2) is 13.7. The highest BCUT2D eigenvalue weighted by molar-refractivity contribution is 6.30. The largest absolute Gasteiger partial charge is 0.469 e. The van der Waals surface area contributed by atoms with Crippen LogP contribution in [0.3, 0.4) is 0 Å². The van der Waals surface area contributed by atoms with Crippen molar-refractivity contribution >= 4 is 41.7 Å². The SMILES string of the molecule is COC(=O)CCN(C)C(=O)NC(=Nc1ccc(OC2=CC=CNN2)c(C)c1)N(C=O)Cc1ccc(Cl)cc1. The van der Waals surface area contributed by atoms with Crippen LogP contribution in [0.15, 0.2) is 71.7 Å². The number of allylic oxidation sites excluding steroid dienone is 2. The molecule has 0 atom stereocenters. The van der Waals surface area contributed by atoms with E-state index in [9.17, 15) is 14.4 Å². The Hall–Kier alpha value is -4.51. The van der Waals surface area contributed by atoms with Gasteiger partial charge in [-0.3, -0.25) is 25.2 Å². The smallest absolute Gasteiger partial charge is 0.323 e. The van der Waals surface area contributed by atoms with Crippen LogP contribution in [0.5, 0.6) is 5.75 Å². The number of ether oxygens (including phenoxy) is 2. The van der Waals surface area contributed by atoms with Gasteiger partial charge in [-0.2, -0.15) is 0 Å². The number of urea groups is 1. The molecular formula is C26H29ClN6O5. The molecular weight excluding hydrogens is 512 g/mol. The van der Waals surface area contributed by atoms with E-state index in [1.54, 1.807) is 60.8 Å². The van der Waals surface area contributed by atoms with Crippen LogP contribution in [0.4, 0.5) is 10.5 Å². The third kappa shape index (κ3) is 8.27. The van der Waals surface area contributed by atoms with Crippen molar-refractivity contribution in [1.29, 1.82) is 0 Å². The third-order valence-corrected chi connectivity index (χ3v) is 5.60. The quantitative estimate of drug-likeness (QED) is 0.193. The van der Waals surface area contributed by atoms with Crippen molar-refractivity contribution in [2.75, 3.05) is 20.7 Å². The maximum Gasteiger partial charge on any atom is 0.323 e. The molecule has 0 spiro atoms. The van der Waals surface area contributed by atoms with E-state index in [0.717, 1.165) is 11.1 Å². The fourth-order valence-corrected chi connectivity index (χ4v) is 3.35. The van der Waals surface area contributed by atoms with Gasteiger partial charge in [0.1, 0.15) is 5.75 Å². The molecule has 0 saturated carbocycles. The van der Waals surface area contributed by atoms with Gasteiger partial charge in [-0.15, -0.1) is 0 Å². The molecule has 0 fully saturated rings. The van der Waals surface area contributed by atoms with E-state index in [-0.39, 0.29) is 25.5 Å². The third-order valence-electron chi connectivity index (χ3n) is 5.35. The Kier molecular flexibility index (Phi) is 10.1. The average Bonchev–Trinajstić information content (AvgIpc) is 2.92. The lowest BCUT2D eigenvalue weighted by molar-refractivity contribution is -0.140. The van der Waals surface area contributed by atoms with Crippen molar-refractivity contribution in [3.05, 3.63) is 82.8 Å². The molecule has 0 bridgehead atoms. The second-order valence-corrected chi connectivity index (χ2v) is 8.62. The standard InChI is InChI=1S/C26H29ClN6O5/c1-18-15-21(10-11-22(18)38-23-5-4-13-28-31-23)29-25(30-26(36)32(2)14-12-24(35)37-3)33(17-34)16-19-6-8-20(27)9-7-19/h4-11,13,15,17,28,31H,12,14,16H2,1-3H3,(H,29,30,36). The molecule has 2 aromatic carbocycles. The van der Waals surface area contributed by atoms with Crippen LogP contribution < -0.4 is 20.9 Å². The Balaban J connectivity index is 1.85. The molecule has 38 heavy (non-hydrogen) atoms. The first-order chi connectivity index (χ1) is 18.3. The maximum absolute atomic E-state index is 12.9. The molecule has 0 unspecified atom stereocenters. The number of carbonyl (C=O) groups is 3. The molecule has 11 nitrogen and oxygen atoms in total. The summed E-state index contributed by atoms with van der Waals surface area (Å²) < 4.78 is 10.5. The molecule has 0 aromatic heterocycles. The lowest BCUT2D eigenvalue weighted by Gasteiger charge is -2.23. The number of halogens is 1. The van der Waals surface area contributed by atoms with Gasteiger partial charge in [0.15, 0.2) is 0 Å². The molecule has 2 aromatic rings. The molecule has 12 heteroatoms. The van der Waals surface area contributed by atoms with Gasteiger partial charge < -0.3 is 19.8 Å². The molecule has 3 amide bonds. The van der Waals surface area contributed by atoms with Crippen LogP contribution in [0.2, 0.25) is 5.02 Å². The van der Waals surface area contributed by atoms with E-state index in [2.05, 4.69) is 25.9 Å². The van der Waals surface area contributed by atoms with Crippen molar-refractivity contribution in [1.82, 2.24) is 26.0 Å². The summed E-state index contributed by atoms with van der Waals surface area (Å²) in [5, 5.41) is 3.24. The minimum atomic E-state index is -0.553. The highest BCUT2D eigenvalue weighted by atomic mass is 35.5. The maximum atomic E-state index is 12.9. The zero-order chi connectivity index (χ0) is 27.5. The lowest BCUT2D eigenvalue weighted by Crippen LogP contribution is -2.48. The Morgan fingerprint density at radius 3 is 2.58 bits per heavy atom. The van der Waals surface area contributed by atoms with Gasteiger partial charge in [0.05, 0.1) is 25.8 Å².